The van der Waals surface area contributed by atoms with E-state index in [2.05, 4.69) is 9.88 Å². The molecule has 0 bridgehead atoms. The van der Waals surface area contributed by atoms with Crippen molar-refractivity contribution in [2.45, 2.75) is 18.4 Å². The highest BCUT2D eigenvalue weighted by Crippen LogP contribution is 2.34. The van der Waals surface area contributed by atoms with Gasteiger partial charge < -0.3 is 20.5 Å². The Morgan fingerprint density at radius 3 is 2.80 bits per heavy atom. The van der Waals surface area contributed by atoms with Gasteiger partial charge in [-0.1, -0.05) is 23.5 Å². The molecule has 1 aliphatic heterocycles. The number of benzene rings is 1. The number of rotatable bonds is 4. The van der Waals surface area contributed by atoms with Gasteiger partial charge in [0.1, 0.15) is 5.75 Å². The van der Waals surface area contributed by atoms with Gasteiger partial charge in [-0.05, 0) is 25.0 Å². The van der Waals surface area contributed by atoms with Crippen molar-refractivity contribution in [3.63, 3.8) is 0 Å². The normalized spacial score (nSPS) is 17.2. The number of anilines is 1. The minimum Gasteiger partial charge on any atom is -0.496 e. The second kappa shape index (κ2) is 6.29. The van der Waals surface area contributed by atoms with Gasteiger partial charge in [-0.15, -0.1) is 5.10 Å². The maximum Gasteiger partial charge on any atom is 0.214 e. The Bertz CT molecular complexity index is 882. The minimum absolute atomic E-state index is 0.306. The lowest BCUT2D eigenvalue weighted by Crippen LogP contribution is -2.48. The van der Waals surface area contributed by atoms with Crippen molar-refractivity contribution in [2.24, 2.45) is 5.73 Å². The predicted molar refractivity (Wildman–Crippen MR) is 98.3 cm³/mol. The average Bonchev–Trinajstić information content (AvgIpc) is 3.23. The second-order valence-corrected chi connectivity index (χ2v) is 7.27. The van der Waals surface area contributed by atoms with Crippen LogP contribution in [0.2, 0.25) is 0 Å². The number of methoxy groups -OCH3 is 1. The Balaban J connectivity index is 1.65. The van der Waals surface area contributed by atoms with Crippen molar-refractivity contribution in [3.8, 4) is 17.0 Å². The van der Waals surface area contributed by atoms with Crippen LogP contribution < -0.4 is 15.4 Å². The van der Waals surface area contributed by atoms with Crippen LogP contribution in [0.25, 0.3) is 16.2 Å². The molecule has 7 nitrogen and oxygen atoms in total. The molecule has 1 aromatic carbocycles. The topological polar surface area (TPSA) is 88.9 Å². The molecule has 0 aliphatic carbocycles. The van der Waals surface area contributed by atoms with Crippen LogP contribution in [0.5, 0.6) is 5.75 Å². The number of aromatic nitrogens is 3. The van der Waals surface area contributed by atoms with Crippen molar-refractivity contribution in [3.05, 3.63) is 30.5 Å². The van der Waals surface area contributed by atoms with Gasteiger partial charge in [0, 0.05) is 25.2 Å². The van der Waals surface area contributed by atoms with E-state index in [1.165, 1.54) is 0 Å². The molecule has 0 atom stereocenters. The van der Waals surface area contributed by atoms with Crippen molar-refractivity contribution in [1.29, 1.82) is 0 Å². The number of imidazole rings is 1. The second-order valence-electron chi connectivity index (χ2n) is 6.34. The molecule has 4 rings (SSSR count). The third-order valence-corrected chi connectivity index (χ3v) is 5.79. The molecule has 2 aromatic heterocycles. The van der Waals surface area contributed by atoms with Gasteiger partial charge in [0.15, 0.2) is 0 Å². The number of aliphatic hydroxyl groups is 1. The van der Waals surface area contributed by atoms with Crippen LogP contribution >= 0.6 is 11.3 Å². The monoisotopic (exact) mass is 359 g/mol. The van der Waals surface area contributed by atoms with E-state index >= 15 is 0 Å². The largest absolute Gasteiger partial charge is 0.496 e. The van der Waals surface area contributed by atoms with Gasteiger partial charge in [0.05, 0.1) is 24.6 Å². The Labute approximate surface area is 149 Å². The highest BCUT2D eigenvalue weighted by atomic mass is 32.1. The van der Waals surface area contributed by atoms with E-state index in [1.54, 1.807) is 18.4 Å². The molecule has 25 heavy (non-hydrogen) atoms. The van der Waals surface area contributed by atoms with Crippen LogP contribution in [0.3, 0.4) is 0 Å². The summed E-state index contributed by atoms with van der Waals surface area (Å²) in [5.74, 6) is 0.796. The fraction of sp³-hybridized carbons (Fsp3) is 0.412. The number of para-hydroxylation sites is 1. The summed E-state index contributed by atoms with van der Waals surface area (Å²) in [6, 6.07) is 7.85. The lowest BCUT2D eigenvalue weighted by Gasteiger charge is -2.37. The Morgan fingerprint density at radius 2 is 2.08 bits per heavy atom. The van der Waals surface area contributed by atoms with Crippen LogP contribution in [0.1, 0.15) is 12.8 Å². The van der Waals surface area contributed by atoms with Crippen molar-refractivity contribution >= 4 is 21.4 Å². The first kappa shape index (κ1) is 16.3. The molecule has 1 saturated heterocycles. The molecule has 132 valence electrons. The van der Waals surface area contributed by atoms with E-state index in [1.807, 2.05) is 35.0 Å². The number of nitrogens with zero attached hydrogens (tertiary/aromatic N) is 4. The molecule has 3 aromatic rings. The van der Waals surface area contributed by atoms with Gasteiger partial charge in [-0.3, -0.25) is 0 Å². The predicted octanol–water partition coefficient (Wildman–Crippen LogP) is 1.76. The number of hydrogen-bond donors (Lipinski definition) is 2. The quantitative estimate of drug-likeness (QED) is 0.738. The van der Waals surface area contributed by atoms with Gasteiger partial charge in [0.25, 0.3) is 0 Å². The van der Waals surface area contributed by atoms with Crippen molar-refractivity contribution < 1.29 is 9.84 Å². The number of fused-ring (bicyclic) bond motifs is 1. The molecule has 0 radical (unpaired) electrons. The van der Waals surface area contributed by atoms with E-state index in [-0.39, 0.29) is 0 Å². The minimum atomic E-state index is -0.740. The summed E-state index contributed by atoms with van der Waals surface area (Å²) in [6.07, 6.45) is 3.14. The van der Waals surface area contributed by atoms with E-state index in [0.29, 0.717) is 19.4 Å². The number of nitrogens with two attached hydrogens (primary N) is 1. The van der Waals surface area contributed by atoms with Gasteiger partial charge in [-0.2, -0.15) is 0 Å². The molecule has 1 aliphatic rings. The Hall–Kier alpha value is -2.16. The summed E-state index contributed by atoms with van der Waals surface area (Å²) < 4.78 is 7.32. The highest BCUT2D eigenvalue weighted by molar-refractivity contribution is 7.20. The average molecular weight is 359 g/mol. The Morgan fingerprint density at radius 1 is 1.32 bits per heavy atom. The summed E-state index contributed by atoms with van der Waals surface area (Å²) in [4.78, 5) is 7.53. The molecule has 8 heteroatoms. The first-order valence-corrected chi connectivity index (χ1v) is 9.10. The van der Waals surface area contributed by atoms with E-state index < -0.39 is 5.60 Å². The van der Waals surface area contributed by atoms with Gasteiger partial charge in [-0.25, -0.2) is 9.50 Å². The first-order chi connectivity index (χ1) is 12.1. The standard InChI is InChI=1S/C17H21N5O2S/c1-24-14-5-3-2-4-12(14)13-10-19-15-22(13)20-16(25-15)21-8-6-17(23,11-18)7-9-21/h2-5,10,23H,6-9,11,18H2,1H3. The van der Waals surface area contributed by atoms with Gasteiger partial charge in [0.2, 0.25) is 10.1 Å². The lowest BCUT2D eigenvalue weighted by atomic mass is 9.92. The van der Waals surface area contributed by atoms with Crippen molar-refractivity contribution in [2.75, 3.05) is 31.6 Å². The molecule has 3 N–H and O–H groups in total. The number of piperidine rings is 1. The van der Waals surface area contributed by atoms with Crippen LogP contribution in [0, 0.1) is 0 Å². The fourth-order valence-electron chi connectivity index (χ4n) is 3.17. The summed E-state index contributed by atoms with van der Waals surface area (Å²) in [7, 11) is 1.66. The number of ether oxygens (including phenoxy) is 1. The van der Waals surface area contributed by atoms with Crippen LogP contribution in [-0.4, -0.2) is 52.0 Å². The van der Waals surface area contributed by atoms with E-state index in [0.717, 1.165) is 40.2 Å². The molecule has 0 saturated carbocycles. The number of hydrogen-bond acceptors (Lipinski definition) is 7. The smallest absolute Gasteiger partial charge is 0.214 e. The molecular weight excluding hydrogens is 338 g/mol. The molecule has 1 fully saturated rings. The summed E-state index contributed by atoms with van der Waals surface area (Å²) >= 11 is 1.55. The van der Waals surface area contributed by atoms with Crippen LogP contribution in [0.4, 0.5) is 5.13 Å². The third kappa shape index (κ3) is 2.86. The fourth-order valence-corrected chi connectivity index (χ4v) is 4.10. The molecule has 0 unspecified atom stereocenters. The van der Waals surface area contributed by atoms with Crippen LogP contribution in [0.15, 0.2) is 30.5 Å². The maximum absolute atomic E-state index is 10.3. The summed E-state index contributed by atoms with van der Waals surface area (Å²) in [6.45, 7) is 1.79. The molecule has 3 heterocycles. The first-order valence-electron chi connectivity index (χ1n) is 8.29. The summed E-state index contributed by atoms with van der Waals surface area (Å²) in [5.41, 5.74) is 6.80. The van der Waals surface area contributed by atoms with Crippen LogP contribution in [-0.2, 0) is 0 Å². The van der Waals surface area contributed by atoms with E-state index in [4.69, 9.17) is 15.6 Å². The third-order valence-electron chi connectivity index (χ3n) is 4.80. The molecular formula is C17H21N5O2S. The molecule has 0 spiro atoms. The van der Waals surface area contributed by atoms with Crippen molar-refractivity contribution in [1.82, 2.24) is 14.6 Å². The zero-order chi connectivity index (χ0) is 17.4. The lowest BCUT2D eigenvalue weighted by molar-refractivity contribution is 0.0249. The zero-order valence-corrected chi connectivity index (χ0v) is 14.9. The molecule has 0 amide bonds. The summed E-state index contributed by atoms with van der Waals surface area (Å²) in [5, 5.41) is 16.0. The highest BCUT2D eigenvalue weighted by Gasteiger charge is 2.32. The Kier molecular flexibility index (Phi) is 4.10. The van der Waals surface area contributed by atoms with Gasteiger partial charge >= 0.3 is 0 Å². The van der Waals surface area contributed by atoms with E-state index in [9.17, 15) is 5.11 Å². The SMILES string of the molecule is COc1ccccc1-c1cnc2sc(N3CCC(O)(CN)CC3)nn12. The maximum atomic E-state index is 10.3. The zero-order valence-electron chi connectivity index (χ0n) is 14.1.